The van der Waals surface area contributed by atoms with Crippen molar-refractivity contribution in [1.82, 2.24) is 25.3 Å². The summed E-state index contributed by atoms with van der Waals surface area (Å²) in [5.74, 6) is 0.0792. The van der Waals surface area contributed by atoms with Crippen LogP contribution < -0.4 is 5.32 Å². The van der Waals surface area contributed by atoms with Crippen molar-refractivity contribution in [3.8, 4) is 11.3 Å². The van der Waals surface area contributed by atoms with Crippen LogP contribution in [0.3, 0.4) is 0 Å². The number of hydrogen-bond donors (Lipinski definition) is 2. The van der Waals surface area contributed by atoms with Gasteiger partial charge in [0.1, 0.15) is 0 Å². The van der Waals surface area contributed by atoms with Crippen molar-refractivity contribution >= 4 is 17.5 Å². The highest BCUT2D eigenvalue weighted by Crippen LogP contribution is 2.28. The smallest absolute Gasteiger partial charge is 0.255 e. The van der Waals surface area contributed by atoms with Crippen LogP contribution in [0.15, 0.2) is 48.9 Å². The van der Waals surface area contributed by atoms with Gasteiger partial charge in [-0.2, -0.15) is 10.2 Å². The zero-order chi connectivity index (χ0) is 16.9. The second-order valence-electron chi connectivity index (χ2n) is 5.68. The average Bonchev–Trinajstić information content (AvgIpc) is 3.24. The molecule has 0 fully saturated rings. The van der Waals surface area contributed by atoms with Crippen molar-refractivity contribution in [3.63, 3.8) is 0 Å². The number of halogens is 1. The van der Waals surface area contributed by atoms with E-state index in [4.69, 9.17) is 11.6 Å². The van der Waals surface area contributed by atoms with E-state index in [0.29, 0.717) is 22.8 Å². The van der Waals surface area contributed by atoms with Crippen LogP contribution in [-0.2, 0) is 6.54 Å². The molecule has 0 radical (unpaired) electrons. The van der Waals surface area contributed by atoms with E-state index in [-0.39, 0.29) is 11.8 Å². The molecule has 0 saturated heterocycles. The van der Waals surface area contributed by atoms with Gasteiger partial charge >= 0.3 is 0 Å². The maximum absolute atomic E-state index is 12.5. The molecule has 3 rings (SSSR count). The summed E-state index contributed by atoms with van der Waals surface area (Å²) in [5.41, 5.74) is 1.86. The van der Waals surface area contributed by atoms with Crippen molar-refractivity contribution < 1.29 is 4.79 Å². The number of amides is 1. The first-order chi connectivity index (χ1) is 11.6. The fourth-order valence-electron chi connectivity index (χ4n) is 2.48. The van der Waals surface area contributed by atoms with Crippen LogP contribution in [0, 0.1) is 5.92 Å². The first-order valence-electron chi connectivity index (χ1n) is 7.69. The minimum atomic E-state index is -0.175. The van der Waals surface area contributed by atoms with E-state index in [1.54, 1.807) is 12.3 Å². The molecule has 1 amide bonds. The molecule has 1 unspecified atom stereocenters. The van der Waals surface area contributed by atoms with Gasteiger partial charge in [0.25, 0.3) is 5.91 Å². The second-order valence-corrected chi connectivity index (χ2v) is 6.09. The van der Waals surface area contributed by atoms with E-state index in [1.807, 2.05) is 35.1 Å². The first-order valence-corrected chi connectivity index (χ1v) is 8.07. The highest BCUT2D eigenvalue weighted by atomic mass is 35.5. The second kappa shape index (κ2) is 7.31. The lowest BCUT2D eigenvalue weighted by atomic mass is 10.1. The van der Waals surface area contributed by atoms with E-state index in [1.165, 1.54) is 6.20 Å². The Morgan fingerprint density at radius 2 is 2.21 bits per heavy atom. The number of nitrogens with zero attached hydrogens (tertiary/aromatic N) is 3. The first kappa shape index (κ1) is 16.3. The summed E-state index contributed by atoms with van der Waals surface area (Å²) in [4.78, 5) is 12.5. The van der Waals surface area contributed by atoms with Gasteiger partial charge in [0, 0.05) is 36.1 Å². The van der Waals surface area contributed by atoms with Crippen molar-refractivity contribution in [2.24, 2.45) is 5.92 Å². The summed E-state index contributed by atoms with van der Waals surface area (Å²) in [6.45, 7) is 3.36. The Kier molecular flexibility index (Phi) is 4.96. The molecule has 0 saturated carbocycles. The van der Waals surface area contributed by atoms with Crippen molar-refractivity contribution in [1.29, 1.82) is 0 Å². The van der Waals surface area contributed by atoms with Crippen molar-refractivity contribution in [2.75, 3.05) is 6.54 Å². The van der Waals surface area contributed by atoms with Gasteiger partial charge in [-0.05, 0) is 18.1 Å². The number of rotatable bonds is 6. The predicted octanol–water partition coefficient (Wildman–Crippen LogP) is 2.99. The van der Waals surface area contributed by atoms with E-state index in [0.717, 1.165) is 12.1 Å². The molecule has 0 aliphatic carbocycles. The molecule has 2 aromatic heterocycles. The van der Waals surface area contributed by atoms with Crippen LogP contribution in [0.4, 0.5) is 0 Å². The lowest BCUT2D eigenvalue weighted by molar-refractivity contribution is 0.0947. The quantitative estimate of drug-likeness (QED) is 0.722. The molecule has 0 spiro atoms. The molecule has 124 valence electrons. The van der Waals surface area contributed by atoms with E-state index < -0.39 is 0 Å². The van der Waals surface area contributed by atoms with Gasteiger partial charge < -0.3 is 5.32 Å². The highest BCUT2D eigenvalue weighted by molar-refractivity contribution is 6.33. The van der Waals surface area contributed by atoms with Gasteiger partial charge in [-0.3, -0.25) is 14.6 Å². The summed E-state index contributed by atoms with van der Waals surface area (Å²) < 4.78 is 1.85. The van der Waals surface area contributed by atoms with E-state index in [2.05, 4.69) is 27.5 Å². The summed E-state index contributed by atoms with van der Waals surface area (Å²) in [5, 5.41) is 14.5. The molecule has 2 heterocycles. The van der Waals surface area contributed by atoms with Crippen LogP contribution in [0.25, 0.3) is 11.3 Å². The van der Waals surface area contributed by atoms with Gasteiger partial charge in [-0.25, -0.2) is 0 Å². The number of aromatic nitrogens is 4. The molecule has 2 N–H and O–H groups in total. The number of aromatic amines is 1. The van der Waals surface area contributed by atoms with Gasteiger partial charge in [0.15, 0.2) is 0 Å². The topological polar surface area (TPSA) is 75.6 Å². The number of carbonyl (C=O) groups is 1. The Bertz CT molecular complexity index is 812. The SMILES string of the molecule is CC(CNC(=O)c1cn[nH]c1-c1ccccc1Cl)Cn1cccn1. The summed E-state index contributed by atoms with van der Waals surface area (Å²) in [7, 11) is 0. The monoisotopic (exact) mass is 343 g/mol. The molecule has 1 atom stereocenters. The Morgan fingerprint density at radius 3 is 2.96 bits per heavy atom. The molecule has 24 heavy (non-hydrogen) atoms. The third-order valence-electron chi connectivity index (χ3n) is 3.70. The maximum atomic E-state index is 12.5. The molecule has 0 bridgehead atoms. The van der Waals surface area contributed by atoms with Gasteiger partial charge in [-0.15, -0.1) is 0 Å². The molecule has 1 aromatic carbocycles. The standard InChI is InChI=1S/C17H18ClN5O/c1-12(11-23-8-4-7-21-23)9-19-17(24)14-10-20-22-16(14)13-5-2-3-6-15(13)18/h2-8,10,12H,9,11H2,1H3,(H,19,24)(H,20,22). The zero-order valence-electron chi connectivity index (χ0n) is 13.2. The van der Waals surface area contributed by atoms with Gasteiger partial charge in [0.2, 0.25) is 0 Å². The van der Waals surface area contributed by atoms with E-state index >= 15 is 0 Å². The molecular weight excluding hydrogens is 326 g/mol. The molecule has 6 nitrogen and oxygen atoms in total. The van der Waals surface area contributed by atoms with Crippen LogP contribution >= 0.6 is 11.6 Å². The normalized spacial score (nSPS) is 12.1. The Labute approximate surface area is 144 Å². The average molecular weight is 344 g/mol. The third-order valence-corrected chi connectivity index (χ3v) is 4.03. The van der Waals surface area contributed by atoms with Gasteiger partial charge in [-0.1, -0.05) is 36.7 Å². The Morgan fingerprint density at radius 1 is 1.38 bits per heavy atom. The Hall–Kier alpha value is -2.60. The lowest BCUT2D eigenvalue weighted by Gasteiger charge is -2.13. The predicted molar refractivity (Wildman–Crippen MR) is 92.8 cm³/mol. The van der Waals surface area contributed by atoms with E-state index in [9.17, 15) is 4.79 Å². The summed E-state index contributed by atoms with van der Waals surface area (Å²) in [6, 6.07) is 9.24. The maximum Gasteiger partial charge on any atom is 0.255 e. The Balaban J connectivity index is 1.66. The fraction of sp³-hybridized carbons (Fsp3) is 0.235. The van der Waals surface area contributed by atoms with Crippen LogP contribution in [0.5, 0.6) is 0 Å². The highest BCUT2D eigenvalue weighted by Gasteiger charge is 2.17. The largest absolute Gasteiger partial charge is 0.352 e. The molecule has 0 aliphatic heterocycles. The number of hydrogen-bond acceptors (Lipinski definition) is 3. The minimum Gasteiger partial charge on any atom is -0.352 e. The third kappa shape index (κ3) is 3.65. The lowest BCUT2D eigenvalue weighted by Crippen LogP contribution is -2.30. The van der Waals surface area contributed by atoms with Crippen LogP contribution in [0.1, 0.15) is 17.3 Å². The molecule has 3 aromatic rings. The zero-order valence-corrected chi connectivity index (χ0v) is 14.0. The number of H-pyrrole nitrogens is 1. The van der Waals surface area contributed by atoms with Crippen molar-refractivity contribution in [2.45, 2.75) is 13.5 Å². The van der Waals surface area contributed by atoms with Gasteiger partial charge in [0.05, 0.1) is 17.5 Å². The molecule has 0 aliphatic rings. The summed E-state index contributed by atoms with van der Waals surface area (Å²) >= 11 is 6.21. The number of carbonyl (C=O) groups excluding carboxylic acids is 1. The van der Waals surface area contributed by atoms with Crippen LogP contribution in [0.2, 0.25) is 5.02 Å². The number of benzene rings is 1. The van der Waals surface area contributed by atoms with Crippen molar-refractivity contribution in [3.05, 3.63) is 59.5 Å². The molecule has 7 heteroatoms. The minimum absolute atomic E-state index is 0.175. The molecular formula is C17H18ClN5O. The van der Waals surface area contributed by atoms with Crippen LogP contribution in [-0.4, -0.2) is 32.4 Å². The fourth-order valence-corrected chi connectivity index (χ4v) is 2.71. The number of nitrogens with one attached hydrogen (secondary N) is 2. The summed E-state index contributed by atoms with van der Waals surface area (Å²) in [6.07, 6.45) is 5.17.